The Morgan fingerprint density at radius 1 is 0.839 bits per heavy atom. The highest BCUT2D eigenvalue weighted by Crippen LogP contribution is 2.28. The number of hydrogen-bond donors (Lipinski definition) is 1. The zero-order valence-electron chi connectivity index (χ0n) is 17.7. The molecule has 4 aromatic rings. The lowest BCUT2D eigenvalue weighted by atomic mass is 10.0. The van der Waals surface area contributed by atoms with Crippen molar-refractivity contribution in [3.8, 4) is 22.4 Å². The summed E-state index contributed by atoms with van der Waals surface area (Å²) in [7, 11) is 0. The van der Waals surface area contributed by atoms with Gasteiger partial charge in [-0.3, -0.25) is 10.1 Å². The minimum atomic E-state index is -0.147. The van der Waals surface area contributed by atoms with Gasteiger partial charge in [-0.2, -0.15) is 0 Å². The molecule has 1 aromatic heterocycles. The first-order chi connectivity index (χ1) is 15.2. The number of aromatic nitrogens is 1. The van der Waals surface area contributed by atoms with Crippen molar-refractivity contribution >= 4 is 28.1 Å². The van der Waals surface area contributed by atoms with Crippen LogP contribution in [0, 0.1) is 0 Å². The molecular weight excluding hydrogens is 402 g/mol. The van der Waals surface area contributed by atoms with Crippen molar-refractivity contribution in [1.82, 2.24) is 4.98 Å². The first-order valence-corrected chi connectivity index (χ1v) is 11.3. The SMILES string of the molecule is CCN(CC)c1ccc(C(=O)Nc2nc(-c3ccc(-c4ccccc4)cc3)cs2)cc1. The van der Waals surface area contributed by atoms with Crippen LogP contribution in [-0.4, -0.2) is 24.0 Å². The molecule has 0 saturated carbocycles. The van der Waals surface area contributed by atoms with Gasteiger partial charge in [0.05, 0.1) is 5.69 Å². The quantitative estimate of drug-likeness (QED) is 0.362. The van der Waals surface area contributed by atoms with Gasteiger partial charge < -0.3 is 4.90 Å². The summed E-state index contributed by atoms with van der Waals surface area (Å²) in [5, 5.41) is 5.48. The molecule has 0 spiro atoms. The Bertz CT molecular complexity index is 1130. The lowest BCUT2D eigenvalue weighted by Crippen LogP contribution is -2.21. The molecule has 0 radical (unpaired) electrons. The van der Waals surface area contributed by atoms with E-state index < -0.39 is 0 Å². The fourth-order valence-electron chi connectivity index (χ4n) is 3.51. The molecule has 1 heterocycles. The topological polar surface area (TPSA) is 45.2 Å². The molecule has 4 nitrogen and oxygen atoms in total. The van der Waals surface area contributed by atoms with Crippen LogP contribution in [0.3, 0.4) is 0 Å². The maximum absolute atomic E-state index is 12.6. The maximum Gasteiger partial charge on any atom is 0.257 e. The molecule has 0 bridgehead atoms. The largest absolute Gasteiger partial charge is 0.372 e. The Hall–Kier alpha value is -3.44. The Morgan fingerprint density at radius 3 is 2.10 bits per heavy atom. The zero-order chi connectivity index (χ0) is 21.6. The molecular formula is C26H25N3OS. The third-order valence-electron chi connectivity index (χ3n) is 5.27. The molecule has 5 heteroatoms. The van der Waals surface area contributed by atoms with E-state index in [0.29, 0.717) is 10.7 Å². The molecule has 0 unspecified atom stereocenters. The lowest BCUT2D eigenvalue weighted by molar-refractivity contribution is 0.102. The Morgan fingerprint density at radius 2 is 1.45 bits per heavy atom. The summed E-state index contributed by atoms with van der Waals surface area (Å²) in [6, 6.07) is 26.3. The zero-order valence-corrected chi connectivity index (χ0v) is 18.5. The van der Waals surface area contributed by atoms with E-state index in [2.05, 4.69) is 65.4 Å². The first-order valence-electron chi connectivity index (χ1n) is 10.5. The summed E-state index contributed by atoms with van der Waals surface area (Å²) < 4.78 is 0. The molecule has 0 aliphatic heterocycles. The summed E-state index contributed by atoms with van der Waals surface area (Å²) in [5.41, 5.74) is 5.99. The average molecular weight is 428 g/mol. The van der Waals surface area contributed by atoms with Crippen molar-refractivity contribution in [2.45, 2.75) is 13.8 Å². The molecule has 0 atom stereocenters. The van der Waals surface area contributed by atoms with Crippen molar-refractivity contribution in [3.63, 3.8) is 0 Å². The normalized spacial score (nSPS) is 10.6. The van der Waals surface area contributed by atoms with Gasteiger partial charge in [-0.05, 0) is 49.2 Å². The molecule has 156 valence electrons. The highest BCUT2D eigenvalue weighted by atomic mass is 32.1. The van der Waals surface area contributed by atoms with E-state index in [-0.39, 0.29) is 5.91 Å². The van der Waals surface area contributed by atoms with Crippen LogP contribution in [0.2, 0.25) is 0 Å². The van der Waals surface area contributed by atoms with Gasteiger partial charge in [0, 0.05) is 35.3 Å². The van der Waals surface area contributed by atoms with Gasteiger partial charge in [-0.15, -0.1) is 11.3 Å². The van der Waals surface area contributed by atoms with E-state index in [1.807, 2.05) is 47.8 Å². The second kappa shape index (κ2) is 9.58. The molecule has 31 heavy (non-hydrogen) atoms. The van der Waals surface area contributed by atoms with Crippen LogP contribution in [0.5, 0.6) is 0 Å². The highest BCUT2D eigenvalue weighted by Gasteiger charge is 2.11. The molecule has 0 aliphatic rings. The van der Waals surface area contributed by atoms with E-state index in [1.54, 1.807) is 0 Å². The Kier molecular flexibility index (Phi) is 6.43. The maximum atomic E-state index is 12.6. The average Bonchev–Trinajstić information content (AvgIpc) is 3.29. The van der Waals surface area contributed by atoms with Gasteiger partial charge >= 0.3 is 0 Å². The summed E-state index contributed by atoms with van der Waals surface area (Å²) in [6.07, 6.45) is 0. The van der Waals surface area contributed by atoms with E-state index in [4.69, 9.17) is 0 Å². The van der Waals surface area contributed by atoms with Crippen LogP contribution < -0.4 is 10.2 Å². The van der Waals surface area contributed by atoms with E-state index in [9.17, 15) is 4.79 Å². The fourth-order valence-corrected chi connectivity index (χ4v) is 4.22. The van der Waals surface area contributed by atoms with Gasteiger partial charge in [0.15, 0.2) is 5.13 Å². The number of anilines is 2. The minimum absolute atomic E-state index is 0.147. The summed E-state index contributed by atoms with van der Waals surface area (Å²) in [6.45, 7) is 6.13. The fraction of sp³-hybridized carbons (Fsp3) is 0.154. The van der Waals surface area contributed by atoms with Crippen LogP contribution in [0.15, 0.2) is 84.2 Å². The molecule has 4 rings (SSSR count). The molecule has 3 aromatic carbocycles. The van der Waals surface area contributed by atoms with E-state index >= 15 is 0 Å². The lowest BCUT2D eigenvalue weighted by Gasteiger charge is -2.20. The monoisotopic (exact) mass is 427 g/mol. The van der Waals surface area contributed by atoms with E-state index in [0.717, 1.165) is 30.0 Å². The third-order valence-corrected chi connectivity index (χ3v) is 6.03. The van der Waals surface area contributed by atoms with Crippen molar-refractivity contribution in [1.29, 1.82) is 0 Å². The number of amides is 1. The van der Waals surface area contributed by atoms with Gasteiger partial charge in [-0.1, -0.05) is 54.6 Å². The number of thiazole rings is 1. The predicted molar refractivity (Wildman–Crippen MR) is 131 cm³/mol. The smallest absolute Gasteiger partial charge is 0.257 e. The van der Waals surface area contributed by atoms with Crippen LogP contribution in [0.25, 0.3) is 22.4 Å². The van der Waals surface area contributed by atoms with Crippen molar-refractivity contribution < 1.29 is 4.79 Å². The summed E-state index contributed by atoms with van der Waals surface area (Å²) in [5.74, 6) is -0.147. The van der Waals surface area contributed by atoms with Crippen LogP contribution in [0.1, 0.15) is 24.2 Å². The summed E-state index contributed by atoms with van der Waals surface area (Å²) in [4.78, 5) is 19.5. The van der Waals surface area contributed by atoms with Gasteiger partial charge in [0.25, 0.3) is 5.91 Å². The number of nitrogens with one attached hydrogen (secondary N) is 1. The molecule has 0 aliphatic carbocycles. The number of benzene rings is 3. The second-order valence-corrected chi connectivity index (χ2v) is 8.01. The number of hydrogen-bond acceptors (Lipinski definition) is 4. The van der Waals surface area contributed by atoms with Crippen molar-refractivity contribution in [2.75, 3.05) is 23.3 Å². The first kappa shape index (κ1) is 20.8. The third kappa shape index (κ3) is 4.84. The molecule has 0 saturated heterocycles. The van der Waals surface area contributed by atoms with Gasteiger partial charge in [0.1, 0.15) is 0 Å². The number of carbonyl (C=O) groups is 1. The van der Waals surface area contributed by atoms with Gasteiger partial charge in [-0.25, -0.2) is 4.98 Å². The Balaban J connectivity index is 1.43. The molecule has 0 fully saturated rings. The van der Waals surface area contributed by atoms with Crippen LogP contribution in [0.4, 0.5) is 10.8 Å². The second-order valence-electron chi connectivity index (χ2n) is 7.15. The van der Waals surface area contributed by atoms with Crippen molar-refractivity contribution in [3.05, 3.63) is 89.8 Å². The standard InChI is InChI=1S/C26H25N3OS/c1-3-29(4-2)23-16-14-22(15-17-23)25(30)28-26-27-24(18-31-26)21-12-10-20(11-13-21)19-8-6-5-7-9-19/h5-18H,3-4H2,1-2H3,(H,27,28,30). The Labute approximate surface area is 187 Å². The number of rotatable bonds is 7. The minimum Gasteiger partial charge on any atom is -0.372 e. The van der Waals surface area contributed by atoms with Gasteiger partial charge in [0.2, 0.25) is 0 Å². The number of nitrogens with zero attached hydrogens (tertiary/aromatic N) is 2. The number of carbonyl (C=O) groups excluding carboxylic acids is 1. The molecule has 1 N–H and O–H groups in total. The highest BCUT2D eigenvalue weighted by molar-refractivity contribution is 7.14. The summed E-state index contributed by atoms with van der Waals surface area (Å²) >= 11 is 1.43. The van der Waals surface area contributed by atoms with Crippen LogP contribution >= 0.6 is 11.3 Å². The predicted octanol–water partition coefficient (Wildman–Crippen LogP) is 6.58. The van der Waals surface area contributed by atoms with Crippen LogP contribution in [-0.2, 0) is 0 Å². The van der Waals surface area contributed by atoms with Crippen molar-refractivity contribution in [2.24, 2.45) is 0 Å². The van der Waals surface area contributed by atoms with E-state index in [1.165, 1.54) is 22.5 Å². The molecule has 1 amide bonds.